The third-order valence-electron chi connectivity index (χ3n) is 4.63. The van der Waals surface area contributed by atoms with Gasteiger partial charge >= 0.3 is 0 Å². The quantitative estimate of drug-likeness (QED) is 0.770. The molecule has 6 nitrogen and oxygen atoms in total. The van der Waals surface area contributed by atoms with Gasteiger partial charge in [0.1, 0.15) is 5.75 Å². The van der Waals surface area contributed by atoms with Gasteiger partial charge in [0.05, 0.1) is 17.8 Å². The Hall–Kier alpha value is -1.60. The Morgan fingerprint density at radius 1 is 1.33 bits per heavy atom. The Balaban J connectivity index is 1.98. The van der Waals surface area contributed by atoms with Crippen molar-refractivity contribution in [2.45, 2.75) is 37.1 Å². The molecule has 1 fully saturated rings. The summed E-state index contributed by atoms with van der Waals surface area (Å²) in [5.74, 6) is -0.174. The lowest BCUT2D eigenvalue weighted by molar-refractivity contribution is -0.124. The van der Waals surface area contributed by atoms with Crippen LogP contribution in [0.5, 0.6) is 5.75 Å². The molecule has 0 bridgehead atoms. The predicted octanol–water partition coefficient (Wildman–Crippen LogP) is 1.35. The third kappa shape index (κ3) is 4.48. The number of methoxy groups -OCH3 is 1. The number of ether oxygens (including phenoxy) is 1. The van der Waals surface area contributed by atoms with E-state index in [0.29, 0.717) is 18.2 Å². The molecule has 0 aliphatic heterocycles. The number of carbonyl (C=O) groups is 1. The molecule has 3 unspecified atom stereocenters. The lowest BCUT2D eigenvalue weighted by atomic mass is 10.0. The van der Waals surface area contributed by atoms with E-state index in [2.05, 4.69) is 5.32 Å². The smallest absolute Gasteiger partial charge is 0.224 e. The van der Waals surface area contributed by atoms with E-state index in [1.165, 1.54) is 19.2 Å². The number of sulfone groups is 1. The van der Waals surface area contributed by atoms with Gasteiger partial charge < -0.3 is 15.8 Å². The van der Waals surface area contributed by atoms with Crippen LogP contribution in [0.4, 0.5) is 0 Å². The molecule has 0 radical (unpaired) electrons. The van der Waals surface area contributed by atoms with Crippen LogP contribution in [-0.4, -0.2) is 39.8 Å². The first-order valence-electron chi connectivity index (χ1n) is 8.24. The van der Waals surface area contributed by atoms with Crippen molar-refractivity contribution in [3.63, 3.8) is 0 Å². The van der Waals surface area contributed by atoms with Crippen molar-refractivity contribution >= 4 is 15.7 Å². The van der Waals surface area contributed by atoms with Crippen LogP contribution in [0.1, 0.15) is 26.2 Å². The number of rotatable bonds is 7. The SMILES string of the molecule is COc1ccc(S(=O)(=O)CC(C)C(=O)NC2CCCC2CN)cc1. The number of hydrogen-bond donors (Lipinski definition) is 2. The highest BCUT2D eigenvalue weighted by molar-refractivity contribution is 7.91. The Labute approximate surface area is 143 Å². The van der Waals surface area contributed by atoms with Crippen LogP contribution in [-0.2, 0) is 14.6 Å². The second-order valence-corrected chi connectivity index (χ2v) is 8.43. The van der Waals surface area contributed by atoms with E-state index in [1.807, 2.05) is 0 Å². The maximum absolute atomic E-state index is 12.5. The third-order valence-corrected chi connectivity index (χ3v) is 6.55. The van der Waals surface area contributed by atoms with Crippen molar-refractivity contribution in [1.29, 1.82) is 0 Å². The molecule has 1 amide bonds. The van der Waals surface area contributed by atoms with Gasteiger partial charge in [0.15, 0.2) is 9.84 Å². The van der Waals surface area contributed by atoms with Gasteiger partial charge in [0.2, 0.25) is 5.91 Å². The fourth-order valence-corrected chi connectivity index (χ4v) is 4.67. The minimum absolute atomic E-state index is 0.0636. The van der Waals surface area contributed by atoms with Crippen LogP contribution in [0.25, 0.3) is 0 Å². The first-order chi connectivity index (χ1) is 11.4. The minimum Gasteiger partial charge on any atom is -0.497 e. The zero-order valence-electron chi connectivity index (χ0n) is 14.2. The topological polar surface area (TPSA) is 98.5 Å². The Bertz CT molecular complexity index is 658. The fraction of sp³-hybridized carbons (Fsp3) is 0.588. The van der Waals surface area contributed by atoms with E-state index in [-0.39, 0.29) is 22.6 Å². The van der Waals surface area contributed by atoms with Gasteiger partial charge in [-0.2, -0.15) is 0 Å². The fourth-order valence-electron chi connectivity index (χ4n) is 3.12. The number of amides is 1. The molecule has 1 aliphatic carbocycles. The van der Waals surface area contributed by atoms with Crippen LogP contribution in [0.3, 0.4) is 0 Å². The normalized spacial score (nSPS) is 22.1. The van der Waals surface area contributed by atoms with E-state index in [0.717, 1.165) is 19.3 Å². The molecule has 24 heavy (non-hydrogen) atoms. The van der Waals surface area contributed by atoms with Crippen LogP contribution in [0.2, 0.25) is 0 Å². The van der Waals surface area contributed by atoms with E-state index in [1.54, 1.807) is 19.1 Å². The van der Waals surface area contributed by atoms with E-state index in [4.69, 9.17) is 10.5 Å². The second kappa shape index (κ2) is 7.98. The lowest BCUT2D eigenvalue weighted by Crippen LogP contribution is -2.43. The molecule has 134 valence electrons. The zero-order valence-corrected chi connectivity index (χ0v) is 15.0. The van der Waals surface area contributed by atoms with Gasteiger partial charge in [-0.3, -0.25) is 4.79 Å². The van der Waals surface area contributed by atoms with Gasteiger partial charge in [-0.1, -0.05) is 13.3 Å². The predicted molar refractivity (Wildman–Crippen MR) is 92.5 cm³/mol. The molecule has 1 aliphatic rings. The zero-order chi connectivity index (χ0) is 17.7. The van der Waals surface area contributed by atoms with Crippen LogP contribution >= 0.6 is 0 Å². The molecule has 7 heteroatoms. The molecule has 1 aromatic rings. The molecule has 0 heterocycles. The highest BCUT2D eigenvalue weighted by atomic mass is 32.2. The van der Waals surface area contributed by atoms with Crippen LogP contribution in [0.15, 0.2) is 29.2 Å². The molecule has 0 aromatic heterocycles. The van der Waals surface area contributed by atoms with E-state index >= 15 is 0 Å². The van der Waals surface area contributed by atoms with Crippen molar-refractivity contribution in [2.75, 3.05) is 19.4 Å². The molecule has 0 spiro atoms. The molecule has 0 saturated heterocycles. The van der Waals surface area contributed by atoms with Crippen LogP contribution < -0.4 is 15.8 Å². The first kappa shape index (κ1) is 18.7. The summed E-state index contributed by atoms with van der Waals surface area (Å²) in [4.78, 5) is 12.5. The second-order valence-electron chi connectivity index (χ2n) is 6.40. The van der Waals surface area contributed by atoms with Gasteiger partial charge in [-0.25, -0.2) is 8.42 Å². The van der Waals surface area contributed by atoms with Crippen LogP contribution in [0, 0.1) is 11.8 Å². The molecular formula is C17H26N2O4S. The van der Waals surface area contributed by atoms with Crippen molar-refractivity contribution in [2.24, 2.45) is 17.6 Å². The molecule has 3 atom stereocenters. The van der Waals surface area contributed by atoms with Crippen molar-refractivity contribution < 1.29 is 17.9 Å². The van der Waals surface area contributed by atoms with Crippen molar-refractivity contribution in [3.05, 3.63) is 24.3 Å². The summed E-state index contributed by atoms with van der Waals surface area (Å²) in [5.41, 5.74) is 5.72. The standard InChI is InChI=1S/C17H26N2O4S/c1-12(17(20)19-16-5-3-4-13(16)10-18)11-24(21,22)15-8-6-14(23-2)7-9-15/h6-9,12-13,16H,3-5,10-11,18H2,1-2H3,(H,19,20). The van der Waals surface area contributed by atoms with Crippen molar-refractivity contribution in [1.82, 2.24) is 5.32 Å². The maximum Gasteiger partial charge on any atom is 0.224 e. The number of carbonyl (C=O) groups excluding carboxylic acids is 1. The number of nitrogens with two attached hydrogens (primary N) is 1. The van der Waals surface area contributed by atoms with E-state index in [9.17, 15) is 13.2 Å². The Kier molecular flexibility index (Phi) is 6.23. The minimum atomic E-state index is -3.52. The Morgan fingerprint density at radius 2 is 2.00 bits per heavy atom. The van der Waals surface area contributed by atoms with Gasteiger partial charge in [0.25, 0.3) is 0 Å². The highest BCUT2D eigenvalue weighted by Gasteiger charge is 2.30. The van der Waals surface area contributed by atoms with Crippen molar-refractivity contribution in [3.8, 4) is 5.75 Å². The summed E-state index contributed by atoms with van der Waals surface area (Å²) in [6.07, 6.45) is 2.97. The van der Waals surface area contributed by atoms with Gasteiger partial charge in [-0.15, -0.1) is 0 Å². The van der Waals surface area contributed by atoms with E-state index < -0.39 is 15.8 Å². The van der Waals surface area contributed by atoms with Gasteiger partial charge in [0, 0.05) is 12.0 Å². The summed E-state index contributed by atoms with van der Waals surface area (Å²) in [6.45, 7) is 2.19. The number of hydrogen-bond acceptors (Lipinski definition) is 5. The Morgan fingerprint density at radius 3 is 2.58 bits per heavy atom. The monoisotopic (exact) mass is 354 g/mol. The summed E-state index contributed by atoms with van der Waals surface area (Å²) < 4.78 is 30.0. The molecule has 2 rings (SSSR count). The summed E-state index contributed by atoms with van der Waals surface area (Å²) >= 11 is 0. The largest absolute Gasteiger partial charge is 0.497 e. The van der Waals surface area contributed by atoms with Gasteiger partial charge in [-0.05, 0) is 49.6 Å². The molecule has 1 aromatic carbocycles. The molecular weight excluding hydrogens is 328 g/mol. The average molecular weight is 354 g/mol. The summed E-state index contributed by atoms with van der Waals surface area (Å²) in [6, 6.07) is 6.26. The maximum atomic E-state index is 12.5. The molecule has 3 N–H and O–H groups in total. The molecule has 1 saturated carbocycles. The lowest BCUT2D eigenvalue weighted by Gasteiger charge is -2.21. The number of nitrogens with one attached hydrogen (secondary N) is 1. The first-order valence-corrected chi connectivity index (χ1v) is 9.90. The average Bonchev–Trinajstić information content (AvgIpc) is 3.01. The number of benzene rings is 1. The highest BCUT2D eigenvalue weighted by Crippen LogP contribution is 2.25. The summed E-state index contributed by atoms with van der Waals surface area (Å²) in [7, 11) is -2.00. The summed E-state index contributed by atoms with van der Waals surface area (Å²) in [5, 5.41) is 2.97.